The maximum atomic E-state index is 9.80. The van der Waals surface area contributed by atoms with Gasteiger partial charge in [-0.3, -0.25) is 5.10 Å². The molecule has 9 heteroatoms. The zero-order chi connectivity index (χ0) is 19.9. The molecule has 0 saturated carbocycles. The van der Waals surface area contributed by atoms with Gasteiger partial charge >= 0.3 is 0 Å². The third-order valence-electron chi connectivity index (χ3n) is 5.13. The number of hydrogen-bond donors (Lipinski definition) is 1. The van der Waals surface area contributed by atoms with E-state index in [2.05, 4.69) is 33.2 Å². The van der Waals surface area contributed by atoms with Crippen molar-refractivity contribution in [1.82, 2.24) is 25.0 Å². The fraction of sp³-hybridized carbons (Fsp3) is 0.474. The lowest BCUT2D eigenvalue weighted by molar-refractivity contribution is 0.0985. The van der Waals surface area contributed by atoms with Gasteiger partial charge in [0.05, 0.1) is 54.2 Å². The molecule has 3 aromatic heterocycles. The Balaban J connectivity index is 1.93. The molecular weight excluding hydrogens is 378 g/mol. The summed E-state index contributed by atoms with van der Waals surface area (Å²) in [5.74, 6) is 0.676. The number of rotatable bonds is 4. The standard InChI is InChI=1S/C19H22ClN7O/c1-12-10-28-7-6-26(12)18-16(20)15(19(2,3)11-21)14-8-23-27(17(14)24-18)9-13-4-5-22-25-13/h4-5,8,12H,6-7,9-10H2,1-3H3,(H,22,25)/t12-/m1/s1. The number of nitrogens with zero attached hydrogens (tertiary/aromatic N) is 6. The summed E-state index contributed by atoms with van der Waals surface area (Å²) in [5.41, 5.74) is 1.59. The fourth-order valence-electron chi connectivity index (χ4n) is 3.60. The maximum absolute atomic E-state index is 9.80. The highest BCUT2D eigenvalue weighted by Gasteiger charge is 2.32. The minimum absolute atomic E-state index is 0.137. The number of aromatic nitrogens is 5. The molecule has 0 aliphatic carbocycles. The highest BCUT2D eigenvalue weighted by molar-refractivity contribution is 6.35. The minimum Gasteiger partial charge on any atom is -0.377 e. The van der Waals surface area contributed by atoms with Gasteiger partial charge in [-0.2, -0.15) is 15.5 Å². The minimum atomic E-state index is -0.787. The van der Waals surface area contributed by atoms with Crippen molar-refractivity contribution in [1.29, 1.82) is 5.26 Å². The molecule has 4 heterocycles. The second kappa shape index (κ2) is 7.08. The Morgan fingerprint density at radius 2 is 2.29 bits per heavy atom. The van der Waals surface area contributed by atoms with Crippen LogP contribution < -0.4 is 4.90 Å². The molecule has 28 heavy (non-hydrogen) atoms. The molecule has 1 aliphatic rings. The zero-order valence-corrected chi connectivity index (χ0v) is 16.9. The largest absolute Gasteiger partial charge is 0.377 e. The summed E-state index contributed by atoms with van der Waals surface area (Å²) in [6.07, 6.45) is 3.45. The van der Waals surface area contributed by atoms with E-state index in [0.29, 0.717) is 42.8 Å². The molecule has 146 valence electrons. The quantitative estimate of drug-likeness (QED) is 0.724. The molecule has 0 bridgehead atoms. The van der Waals surface area contributed by atoms with Gasteiger partial charge in [-0.05, 0) is 26.8 Å². The van der Waals surface area contributed by atoms with Crippen molar-refractivity contribution in [3.63, 3.8) is 0 Å². The fourth-order valence-corrected chi connectivity index (χ4v) is 4.09. The average Bonchev–Trinajstić information content (AvgIpc) is 3.32. The van der Waals surface area contributed by atoms with Crippen LogP contribution in [-0.2, 0) is 16.7 Å². The first-order chi connectivity index (χ1) is 13.4. The van der Waals surface area contributed by atoms with Crippen LogP contribution in [0.25, 0.3) is 11.0 Å². The summed E-state index contributed by atoms with van der Waals surface area (Å²) in [6.45, 7) is 8.24. The molecule has 1 atom stereocenters. The molecule has 1 aliphatic heterocycles. The van der Waals surface area contributed by atoms with Gasteiger partial charge in [-0.15, -0.1) is 0 Å². The number of aromatic amines is 1. The van der Waals surface area contributed by atoms with Gasteiger partial charge < -0.3 is 9.64 Å². The average molecular weight is 400 g/mol. The molecular formula is C19H22ClN7O. The Morgan fingerprint density at radius 3 is 2.96 bits per heavy atom. The summed E-state index contributed by atoms with van der Waals surface area (Å²) < 4.78 is 7.38. The van der Waals surface area contributed by atoms with Gasteiger partial charge in [0.2, 0.25) is 0 Å². The molecule has 0 unspecified atom stereocenters. The maximum Gasteiger partial charge on any atom is 0.160 e. The first-order valence-electron chi connectivity index (χ1n) is 9.21. The van der Waals surface area contributed by atoms with Gasteiger partial charge in [0, 0.05) is 23.7 Å². The lowest BCUT2D eigenvalue weighted by Crippen LogP contribution is -2.44. The second-order valence-electron chi connectivity index (χ2n) is 7.60. The number of H-pyrrole nitrogens is 1. The van der Waals surface area contributed by atoms with Gasteiger partial charge in [0.1, 0.15) is 0 Å². The molecule has 4 rings (SSSR count). The van der Waals surface area contributed by atoms with Crippen molar-refractivity contribution in [2.75, 3.05) is 24.7 Å². The third-order valence-corrected chi connectivity index (χ3v) is 5.49. The predicted octanol–water partition coefficient (Wildman–Crippen LogP) is 2.88. The normalized spacial score (nSPS) is 17.8. The third kappa shape index (κ3) is 3.11. The van der Waals surface area contributed by atoms with Crippen LogP contribution in [0.3, 0.4) is 0 Å². The van der Waals surface area contributed by atoms with E-state index in [1.165, 1.54) is 0 Å². The molecule has 0 amide bonds. The Bertz CT molecular complexity index is 1030. The van der Waals surface area contributed by atoms with Crippen LogP contribution in [0.5, 0.6) is 0 Å². The Hall–Kier alpha value is -2.63. The van der Waals surface area contributed by atoms with E-state index in [0.717, 1.165) is 16.6 Å². The Kier molecular flexibility index (Phi) is 4.73. The molecule has 1 fully saturated rings. The number of halogens is 1. The van der Waals surface area contributed by atoms with Gasteiger partial charge in [0.15, 0.2) is 11.5 Å². The molecule has 8 nitrogen and oxygen atoms in total. The Morgan fingerprint density at radius 1 is 1.46 bits per heavy atom. The lowest BCUT2D eigenvalue weighted by atomic mass is 9.85. The van der Waals surface area contributed by atoms with Crippen molar-refractivity contribution in [2.45, 2.75) is 38.8 Å². The second-order valence-corrected chi connectivity index (χ2v) is 7.98. The molecule has 1 saturated heterocycles. The van der Waals surface area contributed by atoms with Crippen LogP contribution in [0.2, 0.25) is 5.02 Å². The summed E-state index contributed by atoms with van der Waals surface area (Å²) in [5, 5.41) is 22.6. The van der Waals surface area contributed by atoms with E-state index in [1.54, 1.807) is 12.4 Å². The molecule has 0 aromatic carbocycles. The van der Waals surface area contributed by atoms with Crippen molar-refractivity contribution < 1.29 is 4.74 Å². The molecule has 3 aromatic rings. The summed E-state index contributed by atoms with van der Waals surface area (Å²) in [6, 6.07) is 4.41. The van der Waals surface area contributed by atoms with E-state index in [1.807, 2.05) is 24.6 Å². The summed E-state index contributed by atoms with van der Waals surface area (Å²) in [7, 11) is 0. The molecule has 0 spiro atoms. The lowest BCUT2D eigenvalue weighted by Gasteiger charge is -2.35. The van der Waals surface area contributed by atoms with E-state index in [-0.39, 0.29) is 6.04 Å². The van der Waals surface area contributed by atoms with Crippen molar-refractivity contribution in [2.24, 2.45) is 0 Å². The highest BCUT2D eigenvalue weighted by Crippen LogP contribution is 2.41. The number of nitriles is 1. The number of anilines is 1. The van der Waals surface area contributed by atoms with Gasteiger partial charge in [0.25, 0.3) is 0 Å². The van der Waals surface area contributed by atoms with Crippen LogP contribution in [0, 0.1) is 11.3 Å². The van der Waals surface area contributed by atoms with Crippen molar-refractivity contribution in [3.05, 3.63) is 34.7 Å². The molecule has 1 N–H and O–H groups in total. The van der Waals surface area contributed by atoms with Gasteiger partial charge in [-0.25, -0.2) is 9.67 Å². The van der Waals surface area contributed by atoms with Crippen molar-refractivity contribution >= 4 is 28.5 Å². The predicted molar refractivity (Wildman–Crippen MR) is 106 cm³/mol. The van der Waals surface area contributed by atoms with Crippen LogP contribution >= 0.6 is 11.6 Å². The van der Waals surface area contributed by atoms with Gasteiger partial charge in [-0.1, -0.05) is 11.6 Å². The van der Waals surface area contributed by atoms with Crippen LogP contribution in [0.15, 0.2) is 18.5 Å². The first kappa shape index (κ1) is 18.7. The number of hydrogen-bond acceptors (Lipinski definition) is 6. The number of morpholine rings is 1. The molecule has 0 radical (unpaired) electrons. The van der Waals surface area contributed by atoms with Crippen LogP contribution in [0.1, 0.15) is 32.0 Å². The van der Waals surface area contributed by atoms with E-state index >= 15 is 0 Å². The van der Waals surface area contributed by atoms with E-state index < -0.39 is 5.41 Å². The first-order valence-corrected chi connectivity index (χ1v) is 9.59. The monoisotopic (exact) mass is 399 g/mol. The SMILES string of the molecule is C[C@@H]1COCCN1c1nc2c(cnn2Cc2ccn[nH]2)c(C(C)(C)C#N)c1Cl. The Labute approximate surface area is 168 Å². The number of pyridine rings is 1. The summed E-state index contributed by atoms with van der Waals surface area (Å²) in [4.78, 5) is 7.04. The highest BCUT2D eigenvalue weighted by atomic mass is 35.5. The topological polar surface area (TPSA) is 95.7 Å². The smallest absolute Gasteiger partial charge is 0.160 e. The van der Waals surface area contributed by atoms with Crippen LogP contribution in [-0.4, -0.2) is 50.8 Å². The number of ether oxygens (including phenoxy) is 1. The van der Waals surface area contributed by atoms with E-state index in [9.17, 15) is 5.26 Å². The summed E-state index contributed by atoms with van der Waals surface area (Å²) >= 11 is 6.85. The number of nitrogens with one attached hydrogen (secondary N) is 1. The van der Waals surface area contributed by atoms with E-state index in [4.69, 9.17) is 21.3 Å². The van der Waals surface area contributed by atoms with Crippen LogP contribution in [0.4, 0.5) is 5.82 Å². The van der Waals surface area contributed by atoms with Crippen molar-refractivity contribution in [3.8, 4) is 6.07 Å². The number of fused-ring (bicyclic) bond motifs is 1. The zero-order valence-electron chi connectivity index (χ0n) is 16.1.